The number of carbonyl (C=O) groups is 1. The second-order valence-corrected chi connectivity index (χ2v) is 6.47. The predicted molar refractivity (Wildman–Crippen MR) is 88.1 cm³/mol. The standard InChI is InChI=1S/C14H20N4OS2/c1-4-18(11(3)19)14-17-12(9-21-14)7-15-6-5-13-16-10(2)8-20-13/h8-9,15H,4-7H2,1-3H3. The van der Waals surface area contributed by atoms with Crippen molar-refractivity contribution in [1.82, 2.24) is 15.3 Å². The maximum atomic E-state index is 11.5. The monoisotopic (exact) mass is 324 g/mol. The van der Waals surface area contributed by atoms with Gasteiger partial charge in [0, 0.05) is 49.4 Å². The van der Waals surface area contributed by atoms with Gasteiger partial charge < -0.3 is 5.32 Å². The first-order valence-electron chi connectivity index (χ1n) is 6.94. The number of hydrogen-bond donors (Lipinski definition) is 1. The molecule has 0 saturated heterocycles. The molecule has 0 aliphatic rings. The van der Waals surface area contributed by atoms with Gasteiger partial charge in [-0.2, -0.15) is 0 Å². The van der Waals surface area contributed by atoms with E-state index >= 15 is 0 Å². The molecule has 7 heteroatoms. The first-order valence-corrected chi connectivity index (χ1v) is 8.70. The van der Waals surface area contributed by atoms with Gasteiger partial charge in [-0.1, -0.05) is 0 Å². The lowest BCUT2D eigenvalue weighted by Crippen LogP contribution is -2.27. The third kappa shape index (κ3) is 4.59. The number of amides is 1. The highest BCUT2D eigenvalue weighted by Gasteiger charge is 2.13. The number of thiazole rings is 2. The van der Waals surface area contributed by atoms with Gasteiger partial charge in [0.15, 0.2) is 5.13 Å². The Balaban J connectivity index is 1.79. The van der Waals surface area contributed by atoms with Crippen molar-refractivity contribution < 1.29 is 4.79 Å². The normalized spacial score (nSPS) is 10.8. The lowest BCUT2D eigenvalue weighted by Gasteiger charge is -2.14. The van der Waals surface area contributed by atoms with Crippen molar-refractivity contribution in [2.75, 3.05) is 18.0 Å². The summed E-state index contributed by atoms with van der Waals surface area (Å²) in [6, 6.07) is 0. The molecule has 0 saturated carbocycles. The van der Waals surface area contributed by atoms with Crippen LogP contribution in [0.4, 0.5) is 5.13 Å². The smallest absolute Gasteiger partial charge is 0.225 e. The number of carbonyl (C=O) groups excluding carboxylic acids is 1. The van der Waals surface area contributed by atoms with Crippen LogP contribution in [0.15, 0.2) is 10.8 Å². The number of aromatic nitrogens is 2. The van der Waals surface area contributed by atoms with Crippen LogP contribution in [0.1, 0.15) is 30.2 Å². The molecule has 21 heavy (non-hydrogen) atoms. The zero-order valence-electron chi connectivity index (χ0n) is 12.5. The van der Waals surface area contributed by atoms with Gasteiger partial charge in [0.1, 0.15) is 0 Å². The van der Waals surface area contributed by atoms with E-state index in [1.807, 2.05) is 19.2 Å². The maximum Gasteiger partial charge on any atom is 0.225 e. The van der Waals surface area contributed by atoms with Crippen molar-refractivity contribution in [3.8, 4) is 0 Å². The van der Waals surface area contributed by atoms with Gasteiger partial charge in [0.25, 0.3) is 0 Å². The van der Waals surface area contributed by atoms with Gasteiger partial charge in [0.2, 0.25) is 5.91 Å². The van der Waals surface area contributed by atoms with E-state index in [1.54, 1.807) is 23.2 Å². The van der Waals surface area contributed by atoms with Crippen molar-refractivity contribution in [2.45, 2.75) is 33.7 Å². The largest absolute Gasteiger partial charge is 0.311 e. The molecule has 1 amide bonds. The molecule has 2 aromatic rings. The summed E-state index contributed by atoms with van der Waals surface area (Å²) in [6.07, 6.45) is 0.935. The van der Waals surface area contributed by atoms with E-state index in [1.165, 1.54) is 11.3 Å². The van der Waals surface area contributed by atoms with Gasteiger partial charge in [0.05, 0.1) is 10.7 Å². The number of nitrogens with zero attached hydrogens (tertiary/aromatic N) is 3. The molecule has 2 rings (SSSR count). The van der Waals surface area contributed by atoms with Gasteiger partial charge in [-0.15, -0.1) is 22.7 Å². The number of anilines is 1. The van der Waals surface area contributed by atoms with Gasteiger partial charge in [-0.25, -0.2) is 9.97 Å². The zero-order valence-corrected chi connectivity index (χ0v) is 14.2. The molecule has 0 fully saturated rings. The lowest BCUT2D eigenvalue weighted by molar-refractivity contribution is -0.116. The molecule has 0 bridgehead atoms. The summed E-state index contributed by atoms with van der Waals surface area (Å²) in [5.41, 5.74) is 2.06. The molecule has 1 N–H and O–H groups in total. The lowest BCUT2D eigenvalue weighted by atomic mass is 10.4. The fourth-order valence-electron chi connectivity index (χ4n) is 1.92. The Morgan fingerprint density at radius 1 is 1.33 bits per heavy atom. The van der Waals surface area contributed by atoms with Crippen LogP contribution < -0.4 is 10.2 Å². The number of hydrogen-bond acceptors (Lipinski definition) is 6. The minimum atomic E-state index is 0.0329. The minimum absolute atomic E-state index is 0.0329. The Morgan fingerprint density at radius 3 is 2.76 bits per heavy atom. The summed E-state index contributed by atoms with van der Waals surface area (Å²) in [6.45, 7) is 7.79. The van der Waals surface area contributed by atoms with Crippen LogP contribution >= 0.6 is 22.7 Å². The number of aryl methyl sites for hydroxylation is 1. The van der Waals surface area contributed by atoms with Crippen LogP contribution in [0.2, 0.25) is 0 Å². The van der Waals surface area contributed by atoms with Crippen LogP contribution in [0.25, 0.3) is 0 Å². The molecule has 5 nitrogen and oxygen atoms in total. The van der Waals surface area contributed by atoms with Crippen LogP contribution in [0.3, 0.4) is 0 Å². The first kappa shape index (κ1) is 16.1. The van der Waals surface area contributed by atoms with Gasteiger partial charge in [-0.3, -0.25) is 9.69 Å². The SMILES string of the molecule is CCN(C(C)=O)c1nc(CNCCc2nc(C)cs2)cs1. The van der Waals surface area contributed by atoms with Crippen LogP contribution in [-0.4, -0.2) is 29.0 Å². The van der Waals surface area contributed by atoms with E-state index in [-0.39, 0.29) is 5.91 Å². The van der Waals surface area contributed by atoms with Crippen molar-refractivity contribution in [3.63, 3.8) is 0 Å². The second-order valence-electron chi connectivity index (χ2n) is 4.69. The molecular weight excluding hydrogens is 304 g/mol. The average molecular weight is 324 g/mol. The van der Waals surface area contributed by atoms with Crippen LogP contribution in [0, 0.1) is 6.92 Å². The summed E-state index contributed by atoms with van der Waals surface area (Å²) < 4.78 is 0. The third-order valence-corrected chi connectivity index (χ3v) is 4.89. The molecule has 2 aromatic heterocycles. The van der Waals surface area contributed by atoms with Gasteiger partial charge in [-0.05, 0) is 13.8 Å². The third-order valence-electron chi connectivity index (χ3n) is 2.96. The highest BCUT2D eigenvalue weighted by Crippen LogP contribution is 2.20. The molecule has 0 aliphatic heterocycles. The van der Waals surface area contributed by atoms with Gasteiger partial charge >= 0.3 is 0 Å². The summed E-state index contributed by atoms with van der Waals surface area (Å²) in [7, 11) is 0. The Bertz CT molecular complexity index is 593. The molecule has 0 atom stereocenters. The molecule has 2 heterocycles. The van der Waals surface area contributed by atoms with E-state index in [4.69, 9.17) is 0 Å². The average Bonchev–Trinajstić information content (AvgIpc) is 3.05. The molecule has 0 radical (unpaired) electrons. The Morgan fingerprint density at radius 2 is 2.14 bits per heavy atom. The summed E-state index contributed by atoms with van der Waals surface area (Å²) in [5.74, 6) is 0.0329. The predicted octanol–water partition coefficient (Wildman–Crippen LogP) is 2.61. The molecule has 0 aliphatic carbocycles. The van der Waals surface area contributed by atoms with E-state index < -0.39 is 0 Å². The molecule has 114 valence electrons. The van der Waals surface area contributed by atoms with Crippen molar-refractivity contribution in [1.29, 1.82) is 0 Å². The Labute approximate surface area is 133 Å². The number of rotatable bonds is 7. The molecule has 0 unspecified atom stereocenters. The summed E-state index contributed by atoms with van der Waals surface area (Å²) >= 11 is 3.21. The maximum absolute atomic E-state index is 11.5. The molecule has 0 spiro atoms. The summed E-state index contributed by atoms with van der Waals surface area (Å²) in [5, 5.41) is 9.38. The van der Waals surface area contributed by atoms with E-state index in [0.717, 1.165) is 41.0 Å². The molecular formula is C14H20N4OS2. The topological polar surface area (TPSA) is 58.1 Å². The van der Waals surface area contributed by atoms with Crippen molar-refractivity contribution in [2.24, 2.45) is 0 Å². The number of nitrogens with one attached hydrogen (secondary N) is 1. The van der Waals surface area contributed by atoms with E-state index in [2.05, 4.69) is 20.7 Å². The quantitative estimate of drug-likeness (QED) is 0.796. The first-order chi connectivity index (χ1) is 10.1. The van der Waals surface area contributed by atoms with Crippen LogP contribution in [-0.2, 0) is 17.8 Å². The van der Waals surface area contributed by atoms with E-state index in [0.29, 0.717) is 6.54 Å². The van der Waals surface area contributed by atoms with Crippen LogP contribution in [0.5, 0.6) is 0 Å². The minimum Gasteiger partial charge on any atom is -0.311 e. The second kappa shape index (κ2) is 7.63. The van der Waals surface area contributed by atoms with Crippen molar-refractivity contribution >= 4 is 33.7 Å². The fourth-order valence-corrected chi connectivity index (χ4v) is 3.63. The fraction of sp³-hybridized carbons (Fsp3) is 0.500. The Kier molecular flexibility index (Phi) is 5.84. The van der Waals surface area contributed by atoms with E-state index in [9.17, 15) is 4.79 Å². The molecule has 0 aromatic carbocycles. The summed E-state index contributed by atoms with van der Waals surface area (Å²) in [4.78, 5) is 22.1. The zero-order chi connectivity index (χ0) is 15.2. The highest BCUT2D eigenvalue weighted by molar-refractivity contribution is 7.14. The van der Waals surface area contributed by atoms with Crippen molar-refractivity contribution in [3.05, 3.63) is 27.2 Å². The highest BCUT2D eigenvalue weighted by atomic mass is 32.1. The Hall–Kier alpha value is -1.31.